The van der Waals surface area contributed by atoms with Gasteiger partial charge in [0.1, 0.15) is 5.58 Å². The van der Waals surface area contributed by atoms with Crippen molar-refractivity contribution in [1.29, 1.82) is 0 Å². The molecule has 0 saturated heterocycles. The molecule has 0 amide bonds. The summed E-state index contributed by atoms with van der Waals surface area (Å²) >= 11 is 1.79. The summed E-state index contributed by atoms with van der Waals surface area (Å²) in [6.45, 7) is 0. The van der Waals surface area contributed by atoms with E-state index in [1.165, 1.54) is 53.2 Å². The molecule has 0 aliphatic rings. The minimum absolute atomic E-state index is 0.871. The fourth-order valence-electron chi connectivity index (χ4n) is 7.22. The zero-order valence-electron chi connectivity index (χ0n) is 26.4. The highest BCUT2D eigenvalue weighted by Gasteiger charge is 2.20. The Morgan fingerprint density at radius 3 is 2.02 bits per heavy atom. The van der Waals surface area contributed by atoms with Crippen LogP contribution >= 0.6 is 11.3 Å². The van der Waals surface area contributed by atoms with Gasteiger partial charge in [0.25, 0.3) is 0 Å². The van der Waals surface area contributed by atoms with Crippen molar-refractivity contribution >= 4 is 81.3 Å². The van der Waals surface area contributed by atoms with Gasteiger partial charge in [0, 0.05) is 50.0 Å². The summed E-state index contributed by atoms with van der Waals surface area (Å²) in [5, 5.41) is 7.26. The molecule has 0 aliphatic heterocycles. The molecule has 0 radical (unpaired) electrons. The highest BCUT2D eigenvalue weighted by Crippen LogP contribution is 2.43. The predicted molar refractivity (Wildman–Crippen MR) is 207 cm³/mol. The van der Waals surface area contributed by atoms with Crippen LogP contribution in [0.5, 0.6) is 0 Å². The maximum absolute atomic E-state index is 6.56. The molecular formula is C45H28N2OS. The Labute approximate surface area is 286 Å². The number of pyridine rings is 1. The van der Waals surface area contributed by atoms with Gasteiger partial charge in [-0.25, -0.2) is 0 Å². The van der Waals surface area contributed by atoms with Crippen molar-refractivity contribution in [3.63, 3.8) is 0 Å². The van der Waals surface area contributed by atoms with E-state index in [1.54, 1.807) is 11.3 Å². The minimum atomic E-state index is 0.871. The van der Waals surface area contributed by atoms with Crippen LogP contribution in [0.15, 0.2) is 175 Å². The quantitative estimate of drug-likeness (QED) is 0.187. The second-order valence-electron chi connectivity index (χ2n) is 12.4. The Bertz CT molecular complexity index is 2820. The second-order valence-corrected chi connectivity index (χ2v) is 13.5. The lowest BCUT2D eigenvalue weighted by Gasteiger charge is -2.26. The summed E-state index contributed by atoms with van der Waals surface area (Å²) in [5.74, 6) is 0. The molecule has 0 unspecified atom stereocenters. The topological polar surface area (TPSA) is 29.3 Å². The summed E-state index contributed by atoms with van der Waals surface area (Å²) in [4.78, 5) is 6.64. The van der Waals surface area contributed by atoms with Gasteiger partial charge < -0.3 is 9.32 Å². The van der Waals surface area contributed by atoms with Gasteiger partial charge in [-0.15, -0.1) is 11.3 Å². The first-order valence-corrected chi connectivity index (χ1v) is 17.3. The van der Waals surface area contributed by atoms with Crippen LogP contribution in [0.25, 0.3) is 75.1 Å². The van der Waals surface area contributed by atoms with E-state index in [9.17, 15) is 0 Å². The van der Waals surface area contributed by atoms with Crippen LogP contribution in [0.2, 0.25) is 0 Å². The van der Waals surface area contributed by atoms with Gasteiger partial charge in [0.15, 0.2) is 5.58 Å². The van der Waals surface area contributed by atoms with E-state index in [0.717, 1.165) is 39.0 Å². The third kappa shape index (κ3) is 4.61. The number of para-hydroxylation sites is 2. The molecule has 49 heavy (non-hydrogen) atoms. The minimum Gasteiger partial charge on any atom is -0.454 e. The summed E-state index contributed by atoms with van der Waals surface area (Å²) < 4.78 is 9.05. The Hall–Kier alpha value is -6.23. The largest absolute Gasteiger partial charge is 0.454 e. The smallest absolute Gasteiger partial charge is 0.159 e. The summed E-state index contributed by atoms with van der Waals surface area (Å²) in [6, 6.07) is 56.4. The number of nitrogens with zero attached hydrogens (tertiary/aromatic N) is 2. The molecule has 230 valence electrons. The normalized spacial score (nSPS) is 11.7. The van der Waals surface area contributed by atoms with Crippen LogP contribution in [0.3, 0.4) is 0 Å². The lowest BCUT2D eigenvalue weighted by atomic mass is 9.98. The second kappa shape index (κ2) is 11.2. The van der Waals surface area contributed by atoms with Crippen LogP contribution in [-0.2, 0) is 0 Å². The Morgan fingerprint density at radius 2 is 1.16 bits per heavy atom. The molecular weight excluding hydrogens is 617 g/mol. The van der Waals surface area contributed by atoms with Gasteiger partial charge in [0.05, 0.1) is 10.4 Å². The standard InChI is InChI=1S/C45H28N2OS/c1-2-9-35-30(7-1)8-5-11-36(35)31-17-22-34(23-18-31)47(41-13-6-12-40-37-10-3-4-14-42(37)48-45(40)41)33-20-15-29(16-21-33)32-19-24-38-39-25-26-46-28-44(39)49-43(38)27-32/h1-28H. The number of thiophene rings is 1. The average Bonchev–Trinajstić information content (AvgIpc) is 3.74. The van der Waals surface area contributed by atoms with Crippen molar-refractivity contribution in [2.75, 3.05) is 4.90 Å². The summed E-state index contributed by atoms with van der Waals surface area (Å²) in [7, 11) is 0. The first-order valence-electron chi connectivity index (χ1n) is 16.4. The third-order valence-corrected chi connectivity index (χ3v) is 10.7. The van der Waals surface area contributed by atoms with E-state index in [0.29, 0.717) is 0 Å². The van der Waals surface area contributed by atoms with Gasteiger partial charge in [-0.1, -0.05) is 109 Å². The molecule has 0 aliphatic carbocycles. The van der Waals surface area contributed by atoms with Crippen molar-refractivity contribution in [3.8, 4) is 22.3 Å². The number of anilines is 3. The first kappa shape index (κ1) is 27.8. The van der Waals surface area contributed by atoms with Gasteiger partial charge in [-0.2, -0.15) is 0 Å². The molecule has 0 spiro atoms. The highest BCUT2D eigenvalue weighted by atomic mass is 32.1. The van der Waals surface area contributed by atoms with Gasteiger partial charge in [-0.3, -0.25) is 4.98 Å². The van der Waals surface area contributed by atoms with Crippen molar-refractivity contribution < 1.29 is 4.42 Å². The lowest BCUT2D eigenvalue weighted by molar-refractivity contribution is 0.669. The van der Waals surface area contributed by atoms with E-state index in [2.05, 4.69) is 155 Å². The van der Waals surface area contributed by atoms with Crippen molar-refractivity contribution in [2.24, 2.45) is 0 Å². The number of benzene rings is 7. The molecule has 0 bridgehead atoms. The van der Waals surface area contributed by atoms with E-state index in [-0.39, 0.29) is 0 Å². The van der Waals surface area contributed by atoms with E-state index < -0.39 is 0 Å². The molecule has 3 aromatic heterocycles. The van der Waals surface area contributed by atoms with Crippen LogP contribution < -0.4 is 4.90 Å². The molecule has 3 heterocycles. The Morgan fingerprint density at radius 1 is 0.490 bits per heavy atom. The molecule has 4 heteroatoms. The first-order chi connectivity index (χ1) is 24.3. The number of rotatable bonds is 5. The van der Waals surface area contributed by atoms with Gasteiger partial charge in [-0.05, 0) is 81.6 Å². The van der Waals surface area contributed by atoms with Crippen LogP contribution in [0.1, 0.15) is 0 Å². The fraction of sp³-hybridized carbons (Fsp3) is 0. The summed E-state index contributed by atoms with van der Waals surface area (Å²) in [6.07, 6.45) is 3.83. The number of aromatic nitrogens is 1. The van der Waals surface area contributed by atoms with Gasteiger partial charge in [0.2, 0.25) is 0 Å². The molecule has 7 aromatic carbocycles. The zero-order chi connectivity index (χ0) is 32.3. The van der Waals surface area contributed by atoms with Crippen molar-refractivity contribution in [1.82, 2.24) is 4.98 Å². The average molecular weight is 645 g/mol. The maximum atomic E-state index is 6.56. The van der Waals surface area contributed by atoms with Crippen LogP contribution in [0, 0.1) is 0 Å². The summed E-state index contributed by atoms with van der Waals surface area (Å²) in [5.41, 5.74) is 9.67. The monoisotopic (exact) mass is 644 g/mol. The van der Waals surface area contributed by atoms with Crippen molar-refractivity contribution in [3.05, 3.63) is 170 Å². The molecule has 0 N–H and O–H groups in total. The van der Waals surface area contributed by atoms with E-state index in [4.69, 9.17) is 4.42 Å². The molecule has 0 saturated carbocycles. The van der Waals surface area contributed by atoms with E-state index in [1.807, 2.05) is 24.5 Å². The molecule has 3 nitrogen and oxygen atoms in total. The number of furan rings is 1. The Balaban J connectivity index is 1.10. The number of fused-ring (bicyclic) bond motifs is 7. The number of hydrogen-bond acceptors (Lipinski definition) is 4. The molecule has 0 atom stereocenters. The number of hydrogen-bond donors (Lipinski definition) is 0. The fourth-order valence-corrected chi connectivity index (χ4v) is 8.33. The molecule has 10 rings (SSSR count). The van der Waals surface area contributed by atoms with Gasteiger partial charge >= 0.3 is 0 Å². The van der Waals surface area contributed by atoms with Crippen molar-refractivity contribution in [2.45, 2.75) is 0 Å². The SMILES string of the molecule is c1ccc2c(-c3ccc(N(c4ccc(-c5ccc6c(c5)sc5cnccc56)cc4)c4cccc5c4oc4ccccc45)cc3)cccc2c1. The van der Waals surface area contributed by atoms with E-state index >= 15 is 0 Å². The Kier molecular flexibility index (Phi) is 6.36. The zero-order valence-corrected chi connectivity index (χ0v) is 27.2. The molecule has 0 fully saturated rings. The lowest BCUT2D eigenvalue weighted by Crippen LogP contribution is -2.10. The maximum Gasteiger partial charge on any atom is 0.159 e. The third-order valence-electron chi connectivity index (χ3n) is 9.59. The van der Waals surface area contributed by atoms with Crippen LogP contribution in [0.4, 0.5) is 17.1 Å². The molecule has 10 aromatic rings. The van der Waals surface area contributed by atoms with Crippen LogP contribution in [-0.4, -0.2) is 4.98 Å². The predicted octanol–water partition coefficient (Wildman–Crippen LogP) is 13.3. The highest BCUT2D eigenvalue weighted by molar-refractivity contribution is 7.25.